The molecule has 3 atom stereocenters. The van der Waals surface area contributed by atoms with Crippen molar-refractivity contribution >= 4 is 12.6 Å². The summed E-state index contributed by atoms with van der Waals surface area (Å²) in [6.07, 6.45) is 2.92. The van der Waals surface area contributed by atoms with Gasteiger partial charge in [-0.1, -0.05) is 6.07 Å². The van der Waals surface area contributed by atoms with Crippen molar-refractivity contribution < 1.29 is 4.39 Å². The zero-order valence-corrected chi connectivity index (χ0v) is 11.4. The molecule has 3 unspecified atom stereocenters. The van der Waals surface area contributed by atoms with Gasteiger partial charge in [-0.3, -0.25) is 9.80 Å². The molecule has 98 valence electrons. The minimum absolute atomic E-state index is 0.338. The number of aromatic nitrogens is 1. The van der Waals surface area contributed by atoms with Gasteiger partial charge < -0.3 is 0 Å². The average Bonchev–Trinajstić information content (AvgIpc) is 2.38. The number of hydrogen-bond acceptors (Lipinski definition) is 4. The van der Waals surface area contributed by atoms with Crippen molar-refractivity contribution in [2.75, 3.05) is 13.1 Å². The van der Waals surface area contributed by atoms with Gasteiger partial charge in [0.15, 0.2) is 0 Å². The van der Waals surface area contributed by atoms with E-state index in [1.54, 1.807) is 6.20 Å². The van der Waals surface area contributed by atoms with Gasteiger partial charge in [0.1, 0.15) is 0 Å². The Morgan fingerprint density at radius 3 is 2.72 bits per heavy atom. The fourth-order valence-electron chi connectivity index (χ4n) is 2.99. The van der Waals surface area contributed by atoms with Crippen molar-refractivity contribution in [3.63, 3.8) is 0 Å². The number of pyridine rings is 1. The molecular formula is C13H18FN3S. The third kappa shape index (κ3) is 2.27. The molecule has 0 saturated carbocycles. The number of piperazine rings is 1. The zero-order chi connectivity index (χ0) is 12.7. The summed E-state index contributed by atoms with van der Waals surface area (Å²) in [6, 6.07) is 4.52. The fourth-order valence-corrected chi connectivity index (χ4v) is 3.18. The normalized spacial score (nSPS) is 29.9. The standard InChI is InChI=1S/C13H18FN3S/c1-9(18)16-7-11-4-12(8-16)17(11)6-10-2-3-13(14)15-5-10/h2-3,5,9,11-12,18H,4,6-8H2,1H3. The SMILES string of the molecule is CC(S)N1CC2CC(C1)N2Cc1ccc(F)nc1. The van der Waals surface area contributed by atoms with Crippen molar-refractivity contribution in [1.82, 2.24) is 14.8 Å². The van der Waals surface area contributed by atoms with E-state index in [4.69, 9.17) is 0 Å². The highest BCUT2D eigenvalue weighted by Gasteiger charge is 2.44. The first-order valence-electron chi connectivity index (χ1n) is 6.42. The van der Waals surface area contributed by atoms with E-state index in [1.165, 1.54) is 12.5 Å². The number of thiol groups is 1. The molecule has 1 aromatic heterocycles. The Morgan fingerprint density at radius 1 is 1.44 bits per heavy atom. The number of hydrogen-bond donors (Lipinski definition) is 1. The van der Waals surface area contributed by atoms with Crippen LogP contribution in [0.3, 0.4) is 0 Å². The van der Waals surface area contributed by atoms with Gasteiger partial charge in [0, 0.05) is 37.9 Å². The predicted octanol–water partition coefficient (Wildman–Crippen LogP) is 1.75. The fraction of sp³-hybridized carbons (Fsp3) is 0.615. The molecule has 0 amide bonds. The largest absolute Gasteiger partial charge is 0.290 e. The van der Waals surface area contributed by atoms with Crippen molar-refractivity contribution in [2.24, 2.45) is 0 Å². The second-order valence-corrected chi connectivity index (χ2v) is 6.04. The molecular weight excluding hydrogens is 249 g/mol. The van der Waals surface area contributed by atoms with Crippen LogP contribution in [-0.4, -0.2) is 45.3 Å². The molecule has 3 aliphatic heterocycles. The number of nitrogens with zero attached hydrogens (tertiary/aromatic N) is 3. The molecule has 5 heteroatoms. The summed E-state index contributed by atoms with van der Waals surface area (Å²) in [4.78, 5) is 8.63. The first-order chi connectivity index (χ1) is 8.63. The minimum Gasteiger partial charge on any atom is -0.290 e. The van der Waals surface area contributed by atoms with Gasteiger partial charge in [0.2, 0.25) is 5.95 Å². The van der Waals surface area contributed by atoms with Gasteiger partial charge in [-0.15, -0.1) is 0 Å². The summed E-state index contributed by atoms with van der Waals surface area (Å²) < 4.78 is 12.8. The van der Waals surface area contributed by atoms with E-state index in [1.807, 2.05) is 6.07 Å². The van der Waals surface area contributed by atoms with Crippen LogP contribution in [0.4, 0.5) is 4.39 Å². The molecule has 0 N–H and O–H groups in total. The highest BCUT2D eigenvalue weighted by Crippen LogP contribution is 2.34. The van der Waals surface area contributed by atoms with Gasteiger partial charge >= 0.3 is 0 Å². The molecule has 0 spiro atoms. The quantitative estimate of drug-likeness (QED) is 0.665. The third-order valence-electron chi connectivity index (χ3n) is 4.05. The maximum Gasteiger partial charge on any atom is 0.212 e. The summed E-state index contributed by atoms with van der Waals surface area (Å²) >= 11 is 4.50. The highest BCUT2D eigenvalue weighted by atomic mass is 32.1. The summed E-state index contributed by atoms with van der Waals surface area (Å²) in [5, 5.41) is 0.338. The summed E-state index contributed by atoms with van der Waals surface area (Å²) in [5.74, 6) is -0.405. The van der Waals surface area contributed by atoms with Crippen molar-refractivity contribution in [3.05, 3.63) is 29.8 Å². The van der Waals surface area contributed by atoms with Crippen molar-refractivity contribution in [1.29, 1.82) is 0 Å². The van der Waals surface area contributed by atoms with E-state index in [2.05, 4.69) is 34.3 Å². The Labute approximate surface area is 112 Å². The second kappa shape index (κ2) is 4.79. The van der Waals surface area contributed by atoms with Gasteiger partial charge in [0.25, 0.3) is 0 Å². The molecule has 2 bridgehead atoms. The monoisotopic (exact) mass is 267 g/mol. The van der Waals surface area contributed by atoms with Crippen LogP contribution >= 0.6 is 12.6 Å². The number of halogens is 1. The summed E-state index contributed by atoms with van der Waals surface area (Å²) in [7, 11) is 0. The Hall–Kier alpha value is -0.650. The van der Waals surface area contributed by atoms with Crippen LogP contribution in [0.15, 0.2) is 18.3 Å². The van der Waals surface area contributed by atoms with Gasteiger partial charge in [-0.25, -0.2) is 4.98 Å². The van der Waals surface area contributed by atoms with Gasteiger partial charge in [-0.2, -0.15) is 17.0 Å². The zero-order valence-electron chi connectivity index (χ0n) is 10.5. The molecule has 3 fully saturated rings. The molecule has 18 heavy (non-hydrogen) atoms. The predicted molar refractivity (Wildman–Crippen MR) is 72.0 cm³/mol. The molecule has 1 aromatic rings. The average molecular weight is 267 g/mol. The lowest BCUT2D eigenvalue weighted by molar-refractivity contribution is -0.0765. The summed E-state index contributed by atoms with van der Waals surface area (Å²) in [6.45, 7) is 5.20. The van der Waals surface area contributed by atoms with Crippen molar-refractivity contribution in [3.8, 4) is 0 Å². The number of rotatable bonds is 3. The Bertz CT molecular complexity index is 411. The van der Waals surface area contributed by atoms with Crippen molar-refractivity contribution in [2.45, 2.75) is 37.3 Å². The lowest BCUT2D eigenvalue weighted by atomic mass is 9.87. The maximum absolute atomic E-state index is 12.8. The van der Waals surface area contributed by atoms with E-state index < -0.39 is 5.95 Å². The van der Waals surface area contributed by atoms with E-state index in [9.17, 15) is 4.39 Å². The van der Waals surface area contributed by atoms with E-state index in [-0.39, 0.29) is 0 Å². The van der Waals surface area contributed by atoms with Gasteiger partial charge in [0.05, 0.1) is 5.37 Å². The highest BCUT2D eigenvalue weighted by molar-refractivity contribution is 7.80. The van der Waals surface area contributed by atoms with E-state index in [0.29, 0.717) is 17.5 Å². The number of fused-ring (bicyclic) bond motifs is 2. The van der Waals surface area contributed by atoms with Crippen LogP contribution in [-0.2, 0) is 6.54 Å². The molecule has 3 nitrogen and oxygen atoms in total. The van der Waals surface area contributed by atoms with Crippen LogP contribution in [0.5, 0.6) is 0 Å². The lowest BCUT2D eigenvalue weighted by Crippen LogP contribution is -2.68. The molecule has 3 aliphatic rings. The Balaban J connectivity index is 1.62. The second-order valence-electron chi connectivity index (χ2n) is 5.29. The Kier molecular flexibility index (Phi) is 3.30. The molecule has 0 aliphatic carbocycles. The van der Waals surface area contributed by atoms with Gasteiger partial charge in [-0.05, 0) is 25.0 Å². The lowest BCUT2D eigenvalue weighted by Gasteiger charge is -2.57. The maximum atomic E-state index is 12.8. The van der Waals surface area contributed by atoms with Crippen LogP contribution in [0.25, 0.3) is 0 Å². The number of piperidine rings is 1. The van der Waals surface area contributed by atoms with E-state index in [0.717, 1.165) is 25.2 Å². The first kappa shape index (κ1) is 12.4. The third-order valence-corrected chi connectivity index (χ3v) is 4.38. The molecule has 4 rings (SSSR count). The summed E-state index contributed by atoms with van der Waals surface area (Å²) in [5.41, 5.74) is 1.10. The first-order valence-corrected chi connectivity index (χ1v) is 6.93. The smallest absolute Gasteiger partial charge is 0.212 e. The van der Waals surface area contributed by atoms with Crippen LogP contribution in [0.2, 0.25) is 0 Å². The van der Waals surface area contributed by atoms with Crippen LogP contribution in [0.1, 0.15) is 18.9 Å². The Morgan fingerprint density at radius 2 is 2.17 bits per heavy atom. The van der Waals surface area contributed by atoms with E-state index >= 15 is 0 Å². The van der Waals surface area contributed by atoms with Crippen LogP contribution in [0, 0.1) is 5.95 Å². The van der Waals surface area contributed by atoms with Crippen LogP contribution < -0.4 is 0 Å². The molecule has 0 radical (unpaired) electrons. The molecule has 0 aromatic carbocycles. The minimum atomic E-state index is -0.405. The molecule has 4 heterocycles. The molecule has 3 saturated heterocycles. The topological polar surface area (TPSA) is 19.4 Å².